The normalized spacial score (nSPS) is 10.9. The average molecular weight is 475 g/mol. The van der Waals surface area contributed by atoms with E-state index in [9.17, 15) is 4.79 Å². The molecule has 10 nitrogen and oxygen atoms in total. The molecular weight excluding hydrogens is 444 g/mol. The fraction of sp³-hybridized carbons (Fsp3) is 0.280. The average Bonchev–Trinajstić information content (AvgIpc) is 3.16. The highest BCUT2D eigenvalue weighted by molar-refractivity contribution is 5.85. The number of aromatic nitrogens is 4. The van der Waals surface area contributed by atoms with E-state index in [1.165, 1.54) is 0 Å². The molecule has 0 saturated heterocycles. The third kappa shape index (κ3) is 5.85. The lowest BCUT2D eigenvalue weighted by Crippen LogP contribution is -2.18. The van der Waals surface area contributed by atoms with Crippen LogP contribution in [0.1, 0.15) is 25.0 Å². The Balaban J connectivity index is 1.36. The van der Waals surface area contributed by atoms with Gasteiger partial charge < -0.3 is 15.5 Å². The van der Waals surface area contributed by atoms with Crippen LogP contribution in [-0.2, 0) is 11.8 Å². The summed E-state index contributed by atoms with van der Waals surface area (Å²) in [5, 5.41) is 20.8. The van der Waals surface area contributed by atoms with Gasteiger partial charge in [-0.15, -0.1) is 0 Å². The van der Waals surface area contributed by atoms with E-state index < -0.39 is 0 Å². The molecule has 2 aromatic heterocycles. The molecule has 0 aliphatic heterocycles. The van der Waals surface area contributed by atoms with Crippen LogP contribution in [0.15, 0.2) is 54.7 Å². The molecule has 0 aliphatic carbocycles. The maximum absolute atomic E-state index is 11.0. The summed E-state index contributed by atoms with van der Waals surface area (Å²) in [5.74, 6) is 0.914. The van der Waals surface area contributed by atoms with Gasteiger partial charge in [-0.1, -0.05) is 0 Å². The summed E-state index contributed by atoms with van der Waals surface area (Å²) in [6.45, 7) is 2.80. The summed E-state index contributed by atoms with van der Waals surface area (Å²) >= 11 is 0. The molecule has 1 amide bonds. The number of aryl methyl sites for hydroxylation is 2. The number of fused-ring (bicyclic) bond motifs is 1. The molecule has 2 heterocycles. The molecule has 2 aromatic carbocycles. The Morgan fingerprint density at radius 3 is 2.63 bits per heavy atom. The van der Waals surface area contributed by atoms with E-state index in [0.717, 1.165) is 52.4 Å². The van der Waals surface area contributed by atoms with Gasteiger partial charge in [0, 0.05) is 61.4 Å². The monoisotopic (exact) mass is 474 g/mol. The van der Waals surface area contributed by atoms with Crippen LogP contribution >= 0.6 is 0 Å². The molecule has 0 atom stereocenters. The topological polar surface area (TPSA) is 120 Å². The first-order chi connectivity index (χ1) is 16.9. The van der Waals surface area contributed by atoms with Crippen molar-refractivity contribution < 1.29 is 10.0 Å². The van der Waals surface area contributed by atoms with E-state index >= 15 is 0 Å². The lowest BCUT2D eigenvalue weighted by molar-refractivity contribution is -0.129. The third-order valence-electron chi connectivity index (χ3n) is 5.91. The molecule has 182 valence electrons. The van der Waals surface area contributed by atoms with E-state index in [1.807, 2.05) is 54.0 Å². The van der Waals surface area contributed by atoms with Crippen molar-refractivity contribution in [3.05, 3.63) is 60.4 Å². The molecule has 10 heteroatoms. The second kappa shape index (κ2) is 10.8. The van der Waals surface area contributed by atoms with Crippen molar-refractivity contribution >= 4 is 45.6 Å². The zero-order valence-electron chi connectivity index (χ0n) is 20.1. The maximum Gasteiger partial charge on any atom is 0.243 e. The van der Waals surface area contributed by atoms with Gasteiger partial charge in [-0.3, -0.25) is 14.7 Å². The van der Waals surface area contributed by atoms with E-state index in [2.05, 4.69) is 50.8 Å². The van der Waals surface area contributed by atoms with Gasteiger partial charge in [0.25, 0.3) is 0 Å². The number of amides is 1. The molecule has 0 fully saturated rings. The van der Waals surface area contributed by atoms with Crippen LogP contribution in [-0.4, -0.2) is 44.5 Å². The van der Waals surface area contributed by atoms with Crippen molar-refractivity contribution in [2.45, 2.75) is 26.2 Å². The third-order valence-corrected chi connectivity index (χ3v) is 5.91. The fourth-order valence-electron chi connectivity index (χ4n) is 3.76. The second-order valence-electron chi connectivity index (χ2n) is 8.33. The second-order valence-corrected chi connectivity index (χ2v) is 8.33. The Labute approximate surface area is 204 Å². The maximum atomic E-state index is 11.0. The highest BCUT2D eigenvalue weighted by Crippen LogP contribution is 2.27. The lowest BCUT2D eigenvalue weighted by atomic mass is 10.2. The highest BCUT2D eigenvalue weighted by atomic mass is 16.5. The largest absolute Gasteiger partial charge is 0.385 e. The van der Waals surface area contributed by atoms with Crippen molar-refractivity contribution in [2.24, 2.45) is 7.05 Å². The number of nitrogens with zero attached hydrogens (tertiary/aromatic N) is 5. The Morgan fingerprint density at radius 1 is 1.09 bits per heavy atom. The minimum Gasteiger partial charge on any atom is -0.385 e. The Morgan fingerprint density at radius 2 is 1.86 bits per heavy atom. The summed E-state index contributed by atoms with van der Waals surface area (Å²) in [4.78, 5) is 22.1. The minimum atomic E-state index is -0.359. The summed E-state index contributed by atoms with van der Waals surface area (Å²) in [7, 11) is 3.92. The summed E-state index contributed by atoms with van der Waals surface area (Å²) < 4.78 is 1.89. The molecule has 0 radical (unpaired) electrons. The molecule has 0 saturated carbocycles. The van der Waals surface area contributed by atoms with Crippen LogP contribution in [0.4, 0.5) is 28.8 Å². The summed E-state index contributed by atoms with van der Waals surface area (Å²) in [6, 6.07) is 16.0. The van der Waals surface area contributed by atoms with Gasteiger partial charge in [0.2, 0.25) is 11.9 Å². The number of carbonyl (C=O) groups is 1. The minimum absolute atomic E-state index is 0.312. The number of rotatable bonds is 10. The summed E-state index contributed by atoms with van der Waals surface area (Å²) in [5.41, 5.74) is 6.58. The van der Waals surface area contributed by atoms with Crippen molar-refractivity contribution in [2.75, 3.05) is 29.1 Å². The molecule has 4 N–H and O–H groups in total. The Hall–Kier alpha value is -4.18. The molecule has 0 bridgehead atoms. The zero-order valence-corrected chi connectivity index (χ0v) is 20.1. The summed E-state index contributed by atoms with van der Waals surface area (Å²) in [6.07, 6.45) is 3.58. The molecular formula is C25H30N8O2. The fourth-order valence-corrected chi connectivity index (χ4v) is 3.76. The van der Waals surface area contributed by atoms with Gasteiger partial charge in [0.1, 0.15) is 5.82 Å². The number of nitrogens with one attached hydrogen (secondary N) is 3. The van der Waals surface area contributed by atoms with Crippen molar-refractivity contribution in [1.82, 2.24) is 25.2 Å². The van der Waals surface area contributed by atoms with Crippen molar-refractivity contribution in [3.8, 4) is 0 Å². The number of hydrogen-bond acceptors (Lipinski definition) is 8. The molecule has 35 heavy (non-hydrogen) atoms. The van der Waals surface area contributed by atoms with Crippen LogP contribution < -0.4 is 21.0 Å². The number of unbranched alkanes of at least 4 members (excludes halogenated alkanes) is 1. The van der Waals surface area contributed by atoms with Gasteiger partial charge in [0.15, 0.2) is 0 Å². The number of carbonyl (C=O) groups excluding carboxylic acids is 1. The van der Waals surface area contributed by atoms with Gasteiger partial charge in [-0.2, -0.15) is 10.1 Å². The molecule has 0 aliphatic rings. The predicted octanol–water partition coefficient (Wildman–Crippen LogP) is 4.27. The van der Waals surface area contributed by atoms with Crippen molar-refractivity contribution in [3.63, 3.8) is 0 Å². The SMILES string of the molecule is Cc1c2ccc(N(C)c3ccnc(Nc4ccc(NCCCCC(=O)NO)cc4)n3)cc2nn1C. The zero-order chi connectivity index (χ0) is 24.8. The van der Waals surface area contributed by atoms with E-state index in [-0.39, 0.29) is 5.91 Å². The van der Waals surface area contributed by atoms with Gasteiger partial charge in [-0.25, -0.2) is 10.5 Å². The van der Waals surface area contributed by atoms with Gasteiger partial charge in [0.05, 0.1) is 5.52 Å². The number of anilines is 5. The van der Waals surface area contributed by atoms with Gasteiger partial charge >= 0.3 is 0 Å². The van der Waals surface area contributed by atoms with Gasteiger partial charge in [-0.05, 0) is 68.3 Å². The Bertz CT molecular complexity index is 1300. The first-order valence-corrected chi connectivity index (χ1v) is 11.5. The van der Waals surface area contributed by atoms with Crippen molar-refractivity contribution in [1.29, 1.82) is 0 Å². The molecule has 4 rings (SSSR count). The van der Waals surface area contributed by atoms with Crippen LogP contribution in [0.5, 0.6) is 0 Å². The quantitative estimate of drug-likeness (QED) is 0.153. The first-order valence-electron chi connectivity index (χ1n) is 11.5. The first kappa shape index (κ1) is 24.0. The number of benzene rings is 2. The van der Waals surface area contributed by atoms with Crippen LogP contribution in [0.25, 0.3) is 10.9 Å². The lowest BCUT2D eigenvalue weighted by Gasteiger charge is -2.19. The number of hydrogen-bond donors (Lipinski definition) is 4. The smallest absolute Gasteiger partial charge is 0.243 e. The molecule has 0 spiro atoms. The standard InChI is InChI=1S/C25H30N8O2/c1-17-21-12-11-20(16-22(21)30-33(17)3)32(2)23-13-15-27-25(29-23)28-19-9-7-18(8-10-19)26-14-5-4-6-24(34)31-35/h7-13,15-16,26,35H,4-6,14H2,1-3H3,(H,31,34)(H,27,28,29). The van der Waals surface area contributed by atoms with E-state index in [1.54, 1.807) is 11.7 Å². The molecule has 0 unspecified atom stereocenters. The Kier molecular flexibility index (Phi) is 7.41. The highest BCUT2D eigenvalue weighted by Gasteiger charge is 2.11. The predicted molar refractivity (Wildman–Crippen MR) is 138 cm³/mol. The van der Waals surface area contributed by atoms with Crippen LogP contribution in [0.3, 0.4) is 0 Å². The van der Waals surface area contributed by atoms with E-state index in [4.69, 9.17) is 5.21 Å². The molecule has 4 aromatic rings. The van der Waals surface area contributed by atoms with E-state index in [0.29, 0.717) is 18.8 Å². The number of hydroxylamine groups is 1. The van der Waals surface area contributed by atoms with Crippen LogP contribution in [0, 0.1) is 6.92 Å². The van der Waals surface area contributed by atoms with Crippen LogP contribution in [0.2, 0.25) is 0 Å².